The number of benzene rings is 1. The van der Waals surface area contributed by atoms with Crippen molar-refractivity contribution < 1.29 is 20.4 Å². The van der Waals surface area contributed by atoms with E-state index in [-0.39, 0.29) is 30.1 Å². The lowest BCUT2D eigenvalue weighted by Gasteiger charge is -2.20. The van der Waals surface area contributed by atoms with Crippen molar-refractivity contribution in [3.8, 4) is 17.2 Å². The van der Waals surface area contributed by atoms with Gasteiger partial charge in [-0.1, -0.05) is 19.9 Å². The van der Waals surface area contributed by atoms with Crippen molar-refractivity contribution in [2.24, 2.45) is 5.92 Å². The molecule has 1 rings (SSSR count). The van der Waals surface area contributed by atoms with Crippen LogP contribution in [0.3, 0.4) is 0 Å². The average Bonchev–Trinajstić information content (AvgIpc) is 2.29. The summed E-state index contributed by atoms with van der Waals surface area (Å²) in [5.74, 6) is -0.950. The Bertz CT molecular complexity index is 379. The molecule has 0 aliphatic rings. The highest BCUT2D eigenvalue weighted by atomic mass is 16.3. The highest BCUT2D eigenvalue weighted by Crippen LogP contribution is 2.36. The van der Waals surface area contributed by atoms with Gasteiger partial charge in [0.2, 0.25) is 5.75 Å². The molecule has 0 saturated heterocycles. The lowest BCUT2D eigenvalue weighted by molar-refractivity contribution is 0.209. The van der Waals surface area contributed by atoms with Crippen molar-refractivity contribution in [2.75, 3.05) is 6.61 Å². The Hall–Kier alpha value is -1.46. The fourth-order valence-electron chi connectivity index (χ4n) is 1.51. The van der Waals surface area contributed by atoms with Crippen LogP contribution in [0.15, 0.2) is 12.1 Å². The number of hydrogen-bond acceptors (Lipinski definition) is 5. The number of aromatic hydroxyl groups is 3. The van der Waals surface area contributed by atoms with E-state index in [1.165, 1.54) is 12.1 Å². The van der Waals surface area contributed by atoms with Crippen molar-refractivity contribution >= 4 is 0 Å². The molecule has 0 heterocycles. The van der Waals surface area contributed by atoms with Crippen LogP contribution in [0.25, 0.3) is 0 Å². The number of rotatable bonds is 5. The van der Waals surface area contributed by atoms with Gasteiger partial charge in [-0.05, 0) is 12.0 Å². The van der Waals surface area contributed by atoms with Crippen LogP contribution in [0.1, 0.15) is 19.4 Å². The molecule has 1 unspecified atom stereocenters. The zero-order valence-corrected chi connectivity index (χ0v) is 10.0. The van der Waals surface area contributed by atoms with Gasteiger partial charge in [-0.2, -0.15) is 0 Å². The Balaban J connectivity index is 2.73. The topological polar surface area (TPSA) is 93.0 Å². The van der Waals surface area contributed by atoms with Gasteiger partial charge < -0.3 is 25.7 Å². The fourth-order valence-corrected chi connectivity index (χ4v) is 1.51. The lowest BCUT2D eigenvalue weighted by Crippen LogP contribution is -2.36. The molecule has 0 fully saturated rings. The second-order valence-corrected chi connectivity index (χ2v) is 4.36. The molecule has 0 spiro atoms. The third-order valence-electron chi connectivity index (χ3n) is 2.77. The quantitative estimate of drug-likeness (QED) is 0.494. The van der Waals surface area contributed by atoms with E-state index in [9.17, 15) is 10.2 Å². The van der Waals surface area contributed by atoms with E-state index in [1.54, 1.807) is 0 Å². The first-order valence-electron chi connectivity index (χ1n) is 5.54. The van der Waals surface area contributed by atoms with Gasteiger partial charge in [0.05, 0.1) is 6.61 Å². The molecule has 0 saturated carbocycles. The van der Waals surface area contributed by atoms with Crippen LogP contribution in [0.4, 0.5) is 0 Å². The lowest BCUT2D eigenvalue weighted by atomic mass is 10.0. The largest absolute Gasteiger partial charge is 0.504 e. The molecule has 5 N–H and O–H groups in total. The molecular formula is C12H19NO4. The molecule has 0 aliphatic carbocycles. The van der Waals surface area contributed by atoms with E-state index >= 15 is 0 Å². The van der Waals surface area contributed by atoms with E-state index in [0.29, 0.717) is 12.1 Å². The minimum atomic E-state index is -0.519. The van der Waals surface area contributed by atoms with Crippen LogP contribution < -0.4 is 5.32 Å². The van der Waals surface area contributed by atoms with Crippen molar-refractivity contribution in [3.63, 3.8) is 0 Å². The summed E-state index contributed by atoms with van der Waals surface area (Å²) in [4.78, 5) is 0. The minimum Gasteiger partial charge on any atom is -0.504 e. The summed E-state index contributed by atoms with van der Waals surface area (Å²) in [6, 6.07) is 2.76. The predicted molar refractivity (Wildman–Crippen MR) is 64.0 cm³/mol. The number of aliphatic hydroxyl groups excluding tert-OH is 1. The molecule has 0 radical (unpaired) electrons. The minimum absolute atomic E-state index is 0.00247. The smallest absolute Gasteiger partial charge is 0.200 e. The van der Waals surface area contributed by atoms with Crippen LogP contribution in [0.5, 0.6) is 17.2 Å². The summed E-state index contributed by atoms with van der Waals surface area (Å²) in [6.07, 6.45) is 0. The SMILES string of the molecule is CC(C)C(CO)NCc1ccc(O)c(O)c1O. The van der Waals surface area contributed by atoms with E-state index < -0.39 is 5.75 Å². The number of phenolic OH excluding ortho intramolecular Hbond substituents is 3. The van der Waals surface area contributed by atoms with Gasteiger partial charge >= 0.3 is 0 Å². The summed E-state index contributed by atoms with van der Waals surface area (Å²) in [7, 11) is 0. The summed E-state index contributed by atoms with van der Waals surface area (Å²) >= 11 is 0. The highest BCUT2D eigenvalue weighted by molar-refractivity contribution is 5.52. The molecule has 0 aliphatic heterocycles. The van der Waals surface area contributed by atoms with Crippen molar-refractivity contribution in [3.05, 3.63) is 17.7 Å². The summed E-state index contributed by atoms with van der Waals surface area (Å²) in [5.41, 5.74) is 0.472. The van der Waals surface area contributed by atoms with E-state index in [1.807, 2.05) is 13.8 Å². The Morgan fingerprint density at radius 3 is 2.29 bits per heavy atom. The van der Waals surface area contributed by atoms with Crippen LogP contribution in [0.2, 0.25) is 0 Å². The second kappa shape index (κ2) is 5.75. The van der Waals surface area contributed by atoms with Gasteiger partial charge in [0.1, 0.15) is 0 Å². The van der Waals surface area contributed by atoms with Crippen LogP contribution >= 0.6 is 0 Å². The van der Waals surface area contributed by atoms with Crippen molar-refractivity contribution in [1.29, 1.82) is 0 Å². The zero-order chi connectivity index (χ0) is 13.0. The Morgan fingerprint density at radius 1 is 1.12 bits per heavy atom. The first-order valence-corrected chi connectivity index (χ1v) is 5.54. The Kier molecular flexibility index (Phi) is 4.60. The van der Waals surface area contributed by atoms with Gasteiger partial charge in [0.25, 0.3) is 0 Å². The molecule has 96 valence electrons. The van der Waals surface area contributed by atoms with Gasteiger partial charge in [0.15, 0.2) is 11.5 Å². The normalized spacial score (nSPS) is 12.9. The molecule has 1 aromatic carbocycles. The van der Waals surface area contributed by atoms with Gasteiger partial charge in [-0.15, -0.1) is 0 Å². The first-order chi connectivity index (χ1) is 7.97. The number of hydrogen-bond donors (Lipinski definition) is 5. The second-order valence-electron chi connectivity index (χ2n) is 4.36. The van der Waals surface area contributed by atoms with E-state index in [4.69, 9.17) is 10.2 Å². The maximum Gasteiger partial charge on any atom is 0.200 e. The number of phenols is 3. The Morgan fingerprint density at radius 2 is 1.76 bits per heavy atom. The summed E-state index contributed by atoms with van der Waals surface area (Å²) < 4.78 is 0. The summed E-state index contributed by atoms with van der Waals surface area (Å²) in [5, 5.41) is 40.3. The van der Waals surface area contributed by atoms with Gasteiger partial charge in [-0.3, -0.25) is 0 Å². The maximum atomic E-state index is 9.59. The third kappa shape index (κ3) is 3.25. The predicted octanol–water partition coefficient (Wildman–Crippen LogP) is 0.910. The van der Waals surface area contributed by atoms with Gasteiger partial charge in [0, 0.05) is 18.2 Å². The molecule has 0 aromatic heterocycles. The molecule has 5 nitrogen and oxygen atoms in total. The molecular weight excluding hydrogens is 222 g/mol. The summed E-state index contributed by atoms with van der Waals surface area (Å²) in [6.45, 7) is 4.26. The Labute approximate surface area is 100 Å². The highest BCUT2D eigenvalue weighted by Gasteiger charge is 2.14. The van der Waals surface area contributed by atoms with Crippen molar-refractivity contribution in [2.45, 2.75) is 26.4 Å². The van der Waals surface area contributed by atoms with Crippen LogP contribution in [-0.2, 0) is 6.54 Å². The van der Waals surface area contributed by atoms with Crippen LogP contribution in [0, 0.1) is 5.92 Å². The van der Waals surface area contributed by atoms with Crippen LogP contribution in [-0.4, -0.2) is 33.1 Å². The molecule has 17 heavy (non-hydrogen) atoms. The zero-order valence-electron chi connectivity index (χ0n) is 10.0. The molecule has 1 atom stereocenters. The number of nitrogens with one attached hydrogen (secondary N) is 1. The van der Waals surface area contributed by atoms with E-state index in [2.05, 4.69) is 5.32 Å². The third-order valence-corrected chi connectivity index (χ3v) is 2.77. The van der Waals surface area contributed by atoms with Crippen molar-refractivity contribution in [1.82, 2.24) is 5.32 Å². The molecule has 1 aromatic rings. The number of aliphatic hydroxyl groups is 1. The molecule has 0 bridgehead atoms. The van der Waals surface area contributed by atoms with E-state index in [0.717, 1.165) is 0 Å². The standard InChI is InChI=1S/C12H19NO4/c1-7(2)9(6-14)13-5-8-3-4-10(15)12(17)11(8)16/h3-4,7,9,13-17H,5-6H2,1-2H3. The first kappa shape index (κ1) is 13.6. The average molecular weight is 241 g/mol. The maximum absolute atomic E-state index is 9.59. The monoisotopic (exact) mass is 241 g/mol. The fraction of sp³-hybridized carbons (Fsp3) is 0.500. The van der Waals surface area contributed by atoms with Gasteiger partial charge in [-0.25, -0.2) is 0 Å². The molecule has 5 heteroatoms. The molecule has 0 amide bonds.